The van der Waals surface area contributed by atoms with Crippen LogP contribution in [0.3, 0.4) is 0 Å². The highest BCUT2D eigenvalue weighted by molar-refractivity contribution is 4.91. The van der Waals surface area contributed by atoms with Crippen molar-refractivity contribution >= 4 is 0 Å². The Kier molecular flexibility index (Phi) is 5.34. The number of aliphatic hydroxyl groups excluding tert-OH is 1. The first-order chi connectivity index (χ1) is 7.22. The molecule has 0 aromatic carbocycles. The molecule has 2 heteroatoms. The molecule has 1 aliphatic rings. The summed E-state index contributed by atoms with van der Waals surface area (Å²) in [6.45, 7) is 7.31. The molecule has 0 aliphatic heterocycles. The van der Waals surface area contributed by atoms with E-state index < -0.39 is 0 Å². The Morgan fingerprint density at radius 1 is 1.47 bits per heavy atom. The molecule has 0 amide bonds. The van der Waals surface area contributed by atoms with Crippen LogP contribution in [-0.2, 0) is 0 Å². The molecule has 0 unspecified atom stereocenters. The summed E-state index contributed by atoms with van der Waals surface area (Å²) in [6, 6.07) is 0. The van der Waals surface area contributed by atoms with Gasteiger partial charge in [0.2, 0.25) is 0 Å². The third-order valence-corrected chi connectivity index (χ3v) is 3.62. The minimum absolute atomic E-state index is 0.0215. The van der Waals surface area contributed by atoms with Gasteiger partial charge in [0.15, 0.2) is 0 Å². The van der Waals surface area contributed by atoms with Crippen molar-refractivity contribution in [3.8, 4) is 0 Å². The number of allylic oxidation sites excluding steroid dienone is 1. The lowest BCUT2D eigenvalue weighted by Gasteiger charge is -2.39. The van der Waals surface area contributed by atoms with E-state index in [9.17, 15) is 5.11 Å². The summed E-state index contributed by atoms with van der Waals surface area (Å²) >= 11 is 0. The second-order valence-corrected chi connectivity index (χ2v) is 4.98. The van der Waals surface area contributed by atoms with Gasteiger partial charge in [-0.2, -0.15) is 0 Å². The van der Waals surface area contributed by atoms with Crippen molar-refractivity contribution in [2.75, 3.05) is 13.2 Å². The summed E-state index contributed by atoms with van der Waals surface area (Å²) in [5.74, 6) is 0.833. The molecule has 0 bridgehead atoms. The maximum atomic E-state index is 9.50. The standard InChI is InChI=1S/C13H25NO/c1-3-4-5-10-14-13(11-15)8-6-12(2)7-9-13/h3,12,14-15H,1,4-11H2,2H3. The van der Waals surface area contributed by atoms with Crippen LogP contribution in [0, 0.1) is 5.92 Å². The van der Waals surface area contributed by atoms with Gasteiger partial charge in [0, 0.05) is 5.54 Å². The summed E-state index contributed by atoms with van der Waals surface area (Å²) in [5, 5.41) is 13.0. The van der Waals surface area contributed by atoms with Crippen LogP contribution in [0.5, 0.6) is 0 Å². The Balaban J connectivity index is 2.29. The second-order valence-electron chi connectivity index (χ2n) is 4.98. The molecular weight excluding hydrogens is 186 g/mol. The first-order valence-electron chi connectivity index (χ1n) is 6.19. The lowest BCUT2D eigenvalue weighted by atomic mass is 9.77. The average Bonchev–Trinajstić information content (AvgIpc) is 2.28. The zero-order chi connectivity index (χ0) is 11.1. The summed E-state index contributed by atoms with van der Waals surface area (Å²) in [4.78, 5) is 0. The first-order valence-corrected chi connectivity index (χ1v) is 6.19. The Morgan fingerprint density at radius 2 is 2.13 bits per heavy atom. The van der Waals surface area contributed by atoms with Gasteiger partial charge in [-0.3, -0.25) is 0 Å². The third kappa shape index (κ3) is 3.96. The van der Waals surface area contributed by atoms with Crippen molar-refractivity contribution in [3.05, 3.63) is 12.7 Å². The van der Waals surface area contributed by atoms with Crippen molar-refractivity contribution in [2.24, 2.45) is 5.92 Å². The number of aliphatic hydroxyl groups is 1. The average molecular weight is 211 g/mol. The maximum Gasteiger partial charge on any atom is 0.0613 e. The van der Waals surface area contributed by atoms with E-state index in [4.69, 9.17) is 0 Å². The predicted octanol–water partition coefficient (Wildman–Crippen LogP) is 2.48. The molecule has 1 aliphatic carbocycles. The minimum Gasteiger partial charge on any atom is -0.394 e. The van der Waals surface area contributed by atoms with Crippen LogP contribution in [0.25, 0.3) is 0 Å². The van der Waals surface area contributed by atoms with Crippen LogP contribution in [0.1, 0.15) is 45.4 Å². The van der Waals surface area contributed by atoms with E-state index in [0.717, 1.165) is 38.1 Å². The highest BCUT2D eigenvalue weighted by Crippen LogP contribution is 2.31. The highest BCUT2D eigenvalue weighted by atomic mass is 16.3. The Labute approximate surface area is 93.8 Å². The van der Waals surface area contributed by atoms with Gasteiger partial charge in [-0.25, -0.2) is 0 Å². The largest absolute Gasteiger partial charge is 0.394 e. The molecule has 0 spiro atoms. The van der Waals surface area contributed by atoms with E-state index in [2.05, 4.69) is 18.8 Å². The molecule has 0 aromatic rings. The lowest BCUT2D eigenvalue weighted by molar-refractivity contribution is 0.106. The fraction of sp³-hybridized carbons (Fsp3) is 0.846. The minimum atomic E-state index is 0.0215. The number of rotatable bonds is 6. The molecule has 15 heavy (non-hydrogen) atoms. The smallest absolute Gasteiger partial charge is 0.0613 e. The molecule has 0 heterocycles. The summed E-state index contributed by atoms with van der Waals surface area (Å²) in [7, 11) is 0. The fourth-order valence-corrected chi connectivity index (χ4v) is 2.31. The van der Waals surface area contributed by atoms with E-state index in [-0.39, 0.29) is 12.1 Å². The fourth-order valence-electron chi connectivity index (χ4n) is 2.31. The zero-order valence-electron chi connectivity index (χ0n) is 9.97. The number of unbranched alkanes of at least 4 members (excludes halogenated alkanes) is 1. The van der Waals surface area contributed by atoms with E-state index >= 15 is 0 Å². The van der Waals surface area contributed by atoms with Gasteiger partial charge in [-0.05, 0) is 51.0 Å². The van der Waals surface area contributed by atoms with Gasteiger partial charge in [0.1, 0.15) is 0 Å². The SMILES string of the molecule is C=CCCCNC1(CO)CCC(C)CC1. The van der Waals surface area contributed by atoms with Crippen molar-refractivity contribution in [3.63, 3.8) is 0 Å². The van der Waals surface area contributed by atoms with Gasteiger partial charge < -0.3 is 10.4 Å². The molecule has 1 saturated carbocycles. The summed E-state index contributed by atoms with van der Waals surface area (Å²) in [6.07, 6.45) is 8.88. The number of nitrogens with one attached hydrogen (secondary N) is 1. The monoisotopic (exact) mass is 211 g/mol. The van der Waals surface area contributed by atoms with Crippen LogP contribution in [0.15, 0.2) is 12.7 Å². The molecule has 0 saturated heterocycles. The van der Waals surface area contributed by atoms with Gasteiger partial charge in [-0.1, -0.05) is 13.0 Å². The zero-order valence-corrected chi connectivity index (χ0v) is 9.97. The molecule has 2 N–H and O–H groups in total. The Hall–Kier alpha value is -0.340. The number of hydrogen-bond donors (Lipinski definition) is 2. The topological polar surface area (TPSA) is 32.3 Å². The van der Waals surface area contributed by atoms with Gasteiger partial charge in [0.25, 0.3) is 0 Å². The molecule has 1 fully saturated rings. The van der Waals surface area contributed by atoms with Crippen molar-refractivity contribution in [1.29, 1.82) is 0 Å². The Morgan fingerprint density at radius 3 is 2.67 bits per heavy atom. The molecular formula is C13H25NO. The van der Waals surface area contributed by atoms with E-state index in [1.807, 2.05) is 6.08 Å². The maximum absolute atomic E-state index is 9.50. The summed E-state index contributed by atoms with van der Waals surface area (Å²) in [5.41, 5.74) is 0.0215. The number of hydrogen-bond acceptors (Lipinski definition) is 2. The molecule has 2 nitrogen and oxygen atoms in total. The van der Waals surface area contributed by atoms with E-state index in [0.29, 0.717) is 0 Å². The van der Waals surface area contributed by atoms with Crippen molar-refractivity contribution in [1.82, 2.24) is 5.32 Å². The molecule has 0 radical (unpaired) electrons. The van der Waals surface area contributed by atoms with Crippen LogP contribution in [0.2, 0.25) is 0 Å². The van der Waals surface area contributed by atoms with E-state index in [1.54, 1.807) is 0 Å². The molecule has 0 atom stereocenters. The lowest BCUT2D eigenvalue weighted by Crippen LogP contribution is -2.51. The van der Waals surface area contributed by atoms with Gasteiger partial charge >= 0.3 is 0 Å². The van der Waals surface area contributed by atoms with Crippen LogP contribution in [0.4, 0.5) is 0 Å². The molecule has 0 aromatic heterocycles. The van der Waals surface area contributed by atoms with Crippen molar-refractivity contribution < 1.29 is 5.11 Å². The summed E-state index contributed by atoms with van der Waals surface area (Å²) < 4.78 is 0. The normalized spacial score (nSPS) is 31.5. The quantitative estimate of drug-likeness (QED) is 0.522. The van der Waals surface area contributed by atoms with Gasteiger partial charge in [0.05, 0.1) is 6.61 Å². The van der Waals surface area contributed by atoms with Gasteiger partial charge in [-0.15, -0.1) is 6.58 Å². The van der Waals surface area contributed by atoms with Crippen LogP contribution in [-0.4, -0.2) is 23.8 Å². The second kappa shape index (κ2) is 6.29. The predicted molar refractivity (Wildman–Crippen MR) is 64.9 cm³/mol. The highest BCUT2D eigenvalue weighted by Gasteiger charge is 2.32. The van der Waals surface area contributed by atoms with Crippen LogP contribution < -0.4 is 5.32 Å². The van der Waals surface area contributed by atoms with E-state index in [1.165, 1.54) is 12.8 Å². The Bertz CT molecular complexity index is 183. The van der Waals surface area contributed by atoms with Crippen molar-refractivity contribution in [2.45, 2.75) is 51.0 Å². The third-order valence-electron chi connectivity index (χ3n) is 3.62. The first kappa shape index (κ1) is 12.7. The molecule has 88 valence electrons. The molecule has 1 rings (SSSR count). The van der Waals surface area contributed by atoms with Crippen LogP contribution >= 0.6 is 0 Å².